The molecule has 94 valence electrons. The van der Waals surface area contributed by atoms with E-state index in [0.29, 0.717) is 0 Å². The maximum atomic E-state index is 4.76. The van der Waals surface area contributed by atoms with Gasteiger partial charge in [0.05, 0.1) is 22.4 Å². The van der Waals surface area contributed by atoms with Crippen molar-refractivity contribution < 1.29 is 0 Å². The fourth-order valence-electron chi connectivity index (χ4n) is 2.47. The summed E-state index contributed by atoms with van der Waals surface area (Å²) >= 11 is 0. The zero-order valence-corrected chi connectivity index (χ0v) is 11.4. The Morgan fingerprint density at radius 3 is 1.95 bits per heavy atom. The van der Waals surface area contributed by atoms with Crippen molar-refractivity contribution in [3.63, 3.8) is 0 Å². The monoisotopic (exact) mass is 248 g/mol. The standard InChI is InChI=1S/C17H16N2/c1-11-8-12(2)10-14(9-11)17-13(3)18-15-6-4-5-7-16(15)19-17/h4-10H,1-3H3. The minimum Gasteiger partial charge on any atom is -0.249 e. The van der Waals surface area contributed by atoms with E-state index in [4.69, 9.17) is 4.98 Å². The topological polar surface area (TPSA) is 25.8 Å². The first-order valence-corrected chi connectivity index (χ1v) is 6.45. The van der Waals surface area contributed by atoms with Crippen LogP contribution in [0.2, 0.25) is 0 Å². The second-order valence-corrected chi connectivity index (χ2v) is 5.02. The molecule has 0 atom stereocenters. The number of aromatic nitrogens is 2. The average Bonchev–Trinajstić information content (AvgIpc) is 2.36. The summed E-state index contributed by atoms with van der Waals surface area (Å²) in [5.41, 5.74) is 7.51. The largest absolute Gasteiger partial charge is 0.249 e. The van der Waals surface area contributed by atoms with E-state index in [2.05, 4.69) is 37.0 Å². The number of aryl methyl sites for hydroxylation is 3. The van der Waals surface area contributed by atoms with E-state index in [1.807, 2.05) is 31.2 Å². The number of benzene rings is 2. The van der Waals surface area contributed by atoms with Gasteiger partial charge in [-0.3, -0.25) is 0 Å². The Labute approximate surface area is 113 Å². The first kappa shape index (κ1) is 11.8. The van der Waals surface area contributed by atoms with Gasteiger partial charge in [-0.25, -0.2) is 9.97 Å². The molecule has 0 aliphatic carbocycles. The van der Waals surface area contributed by atoms with Gasteiger partial charge in [-0.05, 0) is 45.0 Å². The molecule has 1 aromatic heterocycles. The molecule has 2 aromatic carbocycles. The summed E-state index contributed by atoms with van der Waals surface area (Å²) in [4.78, 5) is 9.41. The van der Waals surface area contributed by atoms with E-state index in [9.17, 15) is 0 Å². The van der Waals surface area contributed by atoms with Crippen LogP contribution < -0.4 is 0 Å². The molecule has 0 fully saturated rings. The van der Waals surface area contributed by atoms with Gasteiger partial charge >= 0.3 is 0 Å². The fraction of sp³-hybridized carbons (Fsp3) is 0.176. The van der Waals surface area contributed by atoms with Crippen molar-refractivity contribution in [2.75, 3.05) is 0 Å². The van der Waals surface area contributed by atoms with Crippen molar-refractivity contribution >= 4 is 11.0 Å². The fourth-order valence-corrected chi connectivity index (χ4v) is 2.47. The molecule has 0 saturated heterocycles. The van der Waals surface area contributed by atoms with E-state index in [1.54, 1.807) is 0 Å². The Hall–Kier alpha value is -2.22. The summed E-state index contributed by atoms with van der Waals surface area (Å²) in [6.45, 7) is 6.24. The molecular weight excluding hydrogens is 232 g/mol. The van der Waals surface area contributed by atoms with E-state index in [-0.39, 0.29) is 0 Å². The number of para-hydroxylation sites is 2. The van der Waals surface area contributed by atoms with Crippen LogP contribution in [-0.2, 0) is 0 Å². The third-order valence-electron chi connectivity index (χ3n) is 3.24. The number of nitrogens with zero attached hydrogens (tertiary/aromatic N) is 2. The van der Waals surface area contributed by atoms with Gasteiger partial charge in [0, 0.05) is 5.56 Å². The molecule has 3 aromatic rings. The van der Waals surface area contributed by atoms with Gasteiger partial charge in [-0.2, -0.15) is 0 Å². The van der Waals surface area contributed by atoms with Crippen LogP contribution in [0.4, 0.5) is 0 Å². The van der Waals surface area contributed by atoms with Gasteiger partial charge in [0.1, 0.15) is 0 Å². The zero-order valence-electron chi connectivity index (χ0n) is 11.4. The molecule has 19 heavy (non-hydrogen) atoms. The van der Waals surface area contributed by atoms with Crippen molar-refractivity contribution in [1.82, 2.24) is 9.97 Å². The molecule has 1 heterocycles. The number of hydrogen-bond acceptors (Lipinski definition) is 2. The van der Waals surface area contributed by atoms with Gasteiger partial charge in [0.2, 0.25) is 0 Å². The Morgan fingerprint density at radius 1 is 0.737 bits per heavy atom. The molecule has 0 saturated carbocycles. The molecule has 0 amide bonds. The summed E-state index contributed by atoms with van der Waals surface area (Å²) in [5.74, 6) is 0. The third kappa shape index (κ3) is 2.22. The predicted molar refractivity (Wildman–Crippen MR) is 79.2 cm³/mol. The Bertz CT molecular complexity index is 740. The molecule has 0 N–H and O–H groups in total. The van der Waals surface area contributed by atoms with E-state index < -0.39 is 0 Å². The SMILES string of the molecule is Cc1cc(C)cc(-c2nc3ccccc3nc2C)c1. The molecule has 0 radical (unpaired) electrons. The first-order valence-electron chi connectivity index (χ1n) is 6.45. The van der Waals surface area contributed by atoms with Crippen molar-refractivity contribution in [3.8, 4) is 11.3 Å². The lowest BCUT2D eigenvalue weighted by Gasteiger charge is -2.08. The van der Waals surface area contributed by atoms with Gasteiger partial charge in [-0.15, -0.1) is 0 Å². The highest BCUT2D eigenvalue weighted by Crippen LogP contribution is 2.24. The smallest absolute Gasteiger partial charge is 0.0922 e. The number of hydrogen-bond donors (Lipinski definition) is 0. The molecule has 0 unspecified atom stereocenters. The summed E-state index contributed by atoms with van der Waals surface area (Å²) in [5, 5.41) is 0. The van der Waals surface area contributed by atoms with Crippen LogP contribution in [0.15, 0.2) is 42.5 Å². The minimum absolute atomic E-state index is 0.947. The van der Waals surface area contributed by atoms with Crippen molar-refractivity contribution in [2.24, 2.45) is 0 Å². The molecule has 2 nitrogen and oxygen atoms in total. The van der Waals surface area contributed by atoms with Crippen LogP contribution in [0.3, 0.4) is 0 Å². The lowest BCUT2D eigenvalue weighted by molar-refractivity contribution is 1.18. The lowest BCUT2D eigenvalue weighted by atomic mass is 10.0. The Kier molecular flexibility index (Phi) is 2.79. The van der Waals surface area contributed by atoms with Gasteiger partial charge in [0.15, 0.2) is 0 Å². The number of fused-ring (bicyclic) bond motifs is 1. The lowest BCUT2D eigenvalue weighted by Crippen LogP contribution is -1.95. The minimum atomic E-state index is 0.947. The van der Waals surface area contributed by atoms with Crippen molar-refractivity contribution in [3.05, 3.63) is 59.3 Å². The van der Waals surface area contributed by atoms with Gasteiger partial charge in [0.25, 0.3) is 0 Å². The summed E-state index contributed by atoms with van der Waals surface area (Å²) in [6.07, 6.45) is 0. The molecule has 2 heteroatoms. The van der Waals surface area contributed by atoms with Crippen LogP contribution in [0.1, 0.15) is 16.8 Å². The molecule has 0 aliphatic heterocycles. The first-order chi connectivity index (χ1) is 9.13. The number of rotatable bonds is 1. The second kappa shape index (κ2) is 4.47. The van der Waals surface area contributed by atoms with E-state index in [0.717, 1.165) is 28.0 Å². The van der Waals surface area contributed by atoms with Crippen LogP contribution in [0.5, 0.6) is 0 Å². The van der Waals surface area contributed by atoms with Crippen LogP contribution >= 0.6 is 0 Å². The second-order valence-electron chi connectivity index (χ2n) is 5.02. The quantitative estimate of drug-likeness (QED) is 0.644. The maximum Gasteiger partial charge on any atom is 0.0922 e. The van der Waals surface area contributed by atoms with Gasteiger partial charge in [-0.1, -0.05) is 29.3 Å². The molecule has 0 bridgehead atoms. The van der Waals surface area contributed by atoms with Crippen molar-refractivity contribution in [1.29, 1.82) is 0 Å². The van der Waals surface area contributed by atoms with Gasteiger partial charge < -0.3 is 0 Å². The molecule has 3 rings (SSSR count). The van der Waals surface area contributed by atoms with E-state index >= 15 is 0 Å². The molecular formula is C17H16N2. The maximum absolute atomic E-state index is 4.76. The zero-order chi connectivity index (χ0) is 13.4. The van der Waals surface area contributed by atoms with Crippen LogP contribution in [0.25, 0.3) is 22.3 Å². The highest BCUT2D eigenvalue weighted by atomic mass is 14.8. The highest BCUT2D eigenvalue weighted by Gasteiger charge is 2.08. The normalized spacial score (nSPS) is 10.9. The average molecular weight is 248 g/mol. The summed E-state index contributed by atoms with van der Waals surface area (Å²) in [7, 11) is 0. The Balaban J connectivity index is 2.26. The Morgan fingerprint density at radius 2 is 1.32 bits per heavy atom. The summed E-state index contributed by atoms with van der Waals surface area (Å²) in [6, 6.07) is 14.5. The highest BCUT2D eigenvalue weighted by molar-refractivity contribution is 5.78. The molecule has 0 spiro atoms. The third-order valence-corrected chi connectivity index (χ3v) is 3.24. The molecule has 0 aliphatic rings. The predicted octanol–water partition coefficient (Wildman–Crippen LogP) is 4.22. The van der Waals surface area contributed by atoms with Crippen molar-refractivity contribution in [2.45, 2.75) is 20.8 Å². The van der Waals surface area contributed by atoms with Crippen LogP contribution in [-0.4, -0.2) is 9.97 Å². The summed E-state index contributed by atoms with van der Waals surface area (Å²) < 4.78 is 0. The van der Waals surface area contributed by atoms with Crippen LogP contribution in [0, 0.1) is 20.8 Å². The van der Waals surface area contributed by atoms with E-state index in [1.165, 1.54) is 11.1 Å².